The lowest BCUT2D eigenvalue weighted by molar-refractivity contribution is -0.119. The van der Waals surface area contributed by atoms with Gasteiger partial charge in [-0.1, -0.05) is 13.8 Å². The van der Waals surface area contributed by atoms with E-state index in [0.717, 1.165) is 5.69 Å². The van der Waals surface area contributed by atoms with Crippen molar-refractivity contribution in [1.82, 2.24) is 5.32 Å². The van der Waals surface area contributed by atoms with Gasteiger partial charge in [0.25, 0.3) is 0 Å². The molecule has 96 valence electrons. The lowest BCUT2D eigenvalue weighted by Gasteiger charge is -2.10. The first-order valence-electron chi connectivity index (χ1n) is 5.83. The first-order chi connectivity index (χ1) is 8.52. The Morgan fingerprint density at radius 3 is 2.78 bits per heavy atom. The van der Waals surface area contributed by atoms with Crippen molar-refractivity contribution in [2.45, 2.75) is 13.8 Å². The molecule has 1 amide bonds. The van der Waals surface area contributed by atoms with Crippen LogP contribution in [0.2, 0.25) is 0 Å². The summed E-state index contributed by atoms with van der Waals surface area (Å²) in [6, 6.07) is 6.99. The minimum absolute atomic E-state index is 0.0633. The minimum atomic E-state index is -0.0633. The zero-order valence-corrected chi connectivity index (χ0v) is 10.7. The van der Waals surface area contributed by atoms with Crippen molar-refractivity contribution in [1.29, 1.82) is 5.26 Å². The predicted octanol–water partition coefficient (Wildman–Crippen LogP) is 1.32. The van der Waals surface area contributed by atoms with Gasteiger partial charge >= 0.3 is 0 Å². The Hall–Kier alpha value is -2.22. The van der Waals surface area contributed by atoms with Crippen molar-refractivity contribution < 1.29 is 4.79 Å². The van der Waals surface area contributed by atoms with Crippen LogP contribution in [-0.4, -0.2) is 19.0 Å². The van der Waals surface area contributed by atoms with Crippen LogP contribution in [0.3, 0.4) is 0 Å². The number of nitrogen functional groups attached to an aromatic ring is 1. The fourth-order valence-electron chi connectivity index (χ4n) is 1.34. The van der Waals surface area contributed by atoms with Crippen LogP contribution < -0.4 is 16.4 Å². The zero-order chi connectivity index (χ0) is 13.5. The van der Waals surface area contributed by atoms with Gasteiger partial charge in [-0.05, 0) is 24.1 Å². The Labute approximate surface area is 107 Å². The molecule has 1 aromatic rings. The molecule has 0 spiro atoms. The van der Waals surface area contributed by atoms with E-state index in [0.29, 0.717) is 23.7 Å². The molecule has 1 rings (SSSR count). The fourth-order valence-corrected chi connectivity index (χ4v) is 1.34. The first-order valence-corrected chi connectivity index (χ1v) is 5.83. The number of hydrogen-bond acceptors (Lipinski definition) is 4. The second-order valence-corrected chi connectivity index (χ2v) is 4.47. The van der Waals surface area contributed by atoms with Crippen molar-refractivity contribution in [3.8, 4) is 6.07 Å². The van der Waals surface area contributed by atoms with Crippen molar-refractivity contribution >= 4 is 17.3 Å². The first kappa shape index (κ1) is 13.8. The lowest BCUT2D eigenvalue weighted by Crippen LogP contribution is -2.32. The second kappa shape index (κ2) is 6.50. The summed E-state index contributed by atoms with van der Waals surface area (Å²) in [5.41, 5.74) is 7.24. The van der Waals surface area contributed by atoms with E-state index in [4.69, 9.17) is 11.0 Å². The summed E-state index contributed by atoms with van der Waals surface area (Å²) in [6.45, 7) is 4.93. The van der Waals surface area contributed by atoms with Gasteiger partial charge in [0.1, 0.15) is 6.07 Å². The number of rotatable bonds is 5. The standard InChI is InChI=1S/C13H18N4O/c1-9(2)7-17-13(18)8-16-11-4-3-10(6-14)12(15)5-11/h3-5,9,16H,7-8,15H2,1-2H3,(H,17,18). The van der Waals surface area contributed by atoms with Crippen LogP contribution in [0.4, 0.5) is 11.4 Å². The van der Waals surface area contributed by atoms with E-state index in [-0.39, 0.29) is 12.5 Å². The quantitative estimate of drug-likeness (QED) is 0.683. The summed E-state index contributed by atoms with van der Waals surface area (Å²) in [5.74, 6) is 0.367. The van der Waals surface area contributed by atoms with E-state index in [1.165, 1.54) is 0 Å². The smallest absolute Gasteiger partial charge is 0.239 e. The third-order valence-electron chi connectivity index (χ3n) is 2.33. The van der Waals surface area contributed by atoms with Crippen LogP contribution in [0.1, 0.15) is 19.4 Å². The molecule has 0 aromatic heterocycles. The average Bonchev–Trinajstić information content (AvgIpc) is 2.34. The van der Waals surface area contributed by atoms with Gasteiger partial charge < -0.3 is 16.4 Å². The maximum Gasteiger partial charge on any atom is 0.239 e. The zero-order valence-electron chi connectivity index (χ0n) is 10.7. The van der Waals surface area contributed by atoms with Gasteiger partial charge in [-0.2, -0.15) is 5.26 Å². The topological polar surface area (TPSA) is 90.9 Å². The maximum absolute atomic E-state index is 11.5. The summed E-state index contributed by atoms with van der Waals surface area (Å²) in [5, 5.41) is 14.5. The number of carbonyl (C=O) groups is 1. The minimum Gasteiger partial charge on any atom is -0.398 e. The molecule has 0 saturated heterocycles. The second-order valence-electron chi connectivity index (χ2n) is 4.47. The van der Waals surface area contributed by atoms with Crippen LogP contribution in [0.25, 0.3) is 0 Å². The molecule has 1 aromatic carbocycles. The van der Waals surface area contributed by atoms with Crippen LogP contribution in [0, 0.1) is 17.2 Å². The largest absolute Gasteiger partial charge is 0.398 e. The molecule has 0 unspecified atom stereocenters. The molecule has 0 heterocycles. The number of nitriles is 1. The van der Waals surface area contributed by atoms with Crippen LogP contribution >= 0.6 is 0 Å². The van der Waals surface area contributed by atoms with Crippen molar-refractivity contribution in [2.24, 2.45) is 5.92 Å². The van der Waals surface area contributed by atoms with E-state index in [2.05, 4.69) is 10.6 Å². The predicted molar refractivity (Wildman–Crippen MR) is 71.9 cm³/mol. The highest BCUT2D eigenvalue weighted by molar-refractivity contribution is 5.81. The third kappa shape index (κ3) is 4.34. The summed E-state index contributed by atoms with van der Waals surface area (Å²) < 4.78 is 0. The van der Waals surface area contributed by atoms with Gasteiger partial charge in [0.2, 0.25) is 5.91 Å². The highest BCUT2D eigenvalue weighted by atomic mass is 16.1. The number of hydrogen-bond donors (Lipinski definition) is 3. The van der Waals surface area contributed by atoms with Crippen molar-refractivity contribution in [3.63, 3.8) is 0 Å². The van der Waals surface area contributed by atoms with Gasteiger partial charge in [0.05, 0.1) is 17.8 Å². The molecule has 0 bridgehead atoms. The van der Waals surface area contributed by atoms with E-state index in [1.807, 2.05) is 19.9 Å². The molecule has 5 heteroatoms. The average molecular weight is 246 g/mol. The van der Waals surface area contributed by atoms with Crippen LogP contribution in [-0.2, 0) is 4.79 Å². The molecular weight excluding hydrogens is 228 g/mol. The number of nitrogens with one attached hydrogen (secondary N) is 2. The van der Waals surface area contributed by atoms with Crippen molar-refractivity contribution in [2.75, 3.05) is 24.1 Å². The van der Waals surface area contributed by atoms with E-state index in [1.54, 1.807) is 18.2 Å². The normalized spacial score (nSPS) is 9.89. The van der Waals surface area contributed by atoms with Gasteiger partial charge in [-0.3, -0.25) is 4.79 Å². The van der Waals surface area contributed by atoms with Gasteiger partial charge in [0, 0.05) is 12.2 Å². The van der Waals surface area contributed by atoms with Crippen LogP contribution in [0.5, 0.6) is 0 Å². The van der Waals surface area contributed by atoms with Gasteiger partial charge in [-0.25, -0.2) is 0 Å². The SMILES string of the molecule is CC(C)CNC(=O)CNc1ccc(C#N)c(N)c1. The molecular formula is C13H18N4O. The molecule has 0 aliphatic carbocycles. The Kier molecular flexibility index (Phi) is 5.00. The highest BCUT2D eigenvalue weighted by Crippen LogP contribution is 2.16. The number of nitrogens with zero attached hydrogens (tertiary/aromatic N) is 1. The van der Waals surface area contributed by atoms with Crippen LogP contribution in [0.15, 0.2) is 18.2 Å². The molecule has 0 atom stereocenters. The molecule has 4 N–H and O–H groups in total. The monoisotopic (exact) mass is 246 g/mol. The molecule has 0 saturated carbocycles. The Morgan fingerprint density at radius 2 is 2.22 bits per heavy atom. The van der Waals surface area contributed by atoms with Gasteiger partial charge in [-0.15, -0.1) is 0 Å². The summed E-state index contributed by atoms with van der Waals surface area (Å²) in [7, 11) is 0. The van der Waals surface area contributed by atoms with Crippen molar-refractivity contribution in [3.05, 3.63) is 23.8 Å². The molecule has 0 fully saturated rings. The Morgan fingerprint density at radius 1 is 1.50 bits per heavy atom. The molecule has 0 aliphatic heterocycles. The number of carbonyl (C=O) groups excluding carboxylic acids is 1. The Balaban J connectivity index is 2.47. The highest BCUT2D eigenvalue weighted by Gasteiger charge is 2.03. The summed E-state index contributed by atoms with van der Waals surface area (Å²) in [4.78, 5) is 11.5. The maximum atomic E-state index is 11.5. The van der Waals surface area contributed by atoms with E-state index >= 15 is 0 Å². The lowest BCUT2D eigenvalue weighted by atomic mass is 10.2. The third-order valence-corrected chi connectivity index (χ3v) is 2.33. The Bertz CT molecular complexity index is 463. The molecule has 5 nitrogen and oxygen atoms in total. The summed E-state index contributed by atoms with van der Waals surface area (Å²) in [6.07, 6.45) is 0. The number of nitrogens with two attached hydrogens (primary N) is 1. The molecule has 0 radical (unpaired) electrons. The number of benzene rings is 1. The fraction of sp³-hybridized carbons (Fsp3) is 0.385. The number of amides is 1. The van der Waals surface area contributed by atoms with Gasteiger partial charge in [0.15, 0.2) is 0 Å². The summed E-state index contributed by atoms with van der Waals surface area (Å²) >= 11 is 0. The molecule has 0 aliphatic rings. The molecule has 18 heavy (non-hydrogen) atoms. The van der Waals surface area contributed by atoms with E-state index in [9.17, 15) is 4.79 Å². The number of anilines is 2. The van der Waals surface area contributed by atoms with E-state index < -0.39 is 0 Å².